The van der Waals surface area contributed by atoms with Crippen LogP contribution in [0.3, 0.4) is 0 Å². The zero-order valence-corrected chi connectivity index (χ0v) is 18.1. The smallest absolute Gasteiger partial charge is 0.253 e. The average Bonchev–Trinajstić information content (AvgIpc) is 3.36. The molecule has 0 unspecified atom stereocenters. The quantitative estimate of drug-likeness (QED) is 0.526. The van der Waals surface area contributed by atoms with Crippen LogP contribution in [0.4, 0.5) is 0 Å². The van der Waals surface area contributed by atoms with Crippen LogP contribution in [0.25, 0.3) is 0 Å². The molecule has 1 aromatic heterocycles. The van der Waals surface area contributed by atoms with Gasteiger partial charge in [-0.15, -0.1) is 5.10 Å². The molecule has 0 bridgehead atoms. The van der Waals surface area contributed by atoms with Crippen molar-refractivity contribution in [3.8, 4) is 11.5 Å². The second-order valence-electron chi connectivity index (χ2n) is 7.73. The summed E-state index contributed by atoms with van der Waals surface area (Å²) in [5, 5.41) is 11.1. The van der Waals surface area contributed by atoms with Crippen LogP contribution in [0.1, 0.15) is 39.1 Å². The molecule has 2 heterocycles. The normalized spacial score (nSPS) is 15.9. The van der Waals surface area contributed by atoms with Gasteiger partial charge >= 0.3 is 0 Å². The minimum absolute atomic E-state index is 0.0141. The highest BCUT2D eigenvalue weighted by Crippen LogP contribution is 2.30. The molecule has 1 fully saturated rings. The van der Waals surface area contributed by atoms with Crippen molar-refractivity contribution in [2.24, 2.45) is 5.92 Å². The highest BCUT2D eigenvalue weighted by atomic mass is 16.5. The van der Waals surface area contributed by atoms with Crippen LogP contribution in [0.15, 0.2) is 48.8 Å². The van der Waals surface area contributed by atoms with Gasteiger partial charge in [0.05, 0.1) is 20.8 Å². The topological polar surface area (TPSA) is 99.4 Å². The first-order chi connectivity index (χ1) is 15.6. The van der Waals surface area contributed by atoms with Crippen LogP contribution in [-0.2, 0) is 6.54 Å². The van der Waals surface area contributed by atoms with Crippen molar-refractivity contribution in [1.82, 2.24) is 25.1 Å². The fourth-order valence-corrected chi connectivity index (χ4v) is 3.98. The lowest BCUT2D eigenvalue weighted by Gasteiger charge is -2.32. The number of aromatic nitrogens is 4. The number of rotatable bonds is 7. The summed E-state index contributed by atoms with van der Waals surface area (Å²) in [7, 11) is 3.10. The summed E-state index contributed by atoms with van der Waals surface area (Å²) >= 11 is 0. The number of carbonyl (C=O) groups excluding carboxylic acids is 2. The van der Waals surface area contributed by atoms with Crippen molar-refractivity contribution < 1.29 is 19.1 Å². The number of piperidine rings is 1. The Hall–Kier alpha value is -3.75. The third kappa shape index (κ3) is 4.61. The zero-order valence-electron chi connectivity index (χ0n) is 18.1. The van der Waals surface area contributed by atoms with Crippen LogP contribution in [0, 0.1) is 5.92 Å². The Morgan fingerprint density at radius 2 is 1.78 bits per heavy atom. The summed E-state index contributed by atoms with van der Waals surface area (Å²) < 4.78 is 12.2. The predicted octanol–water partition coefficient (Wildman–Crippen LogP) is 2.47. The van der Waals surface area contributed by atoms with Crippen molar-refractivity contribution >= 4 is 11.7 Å². The van der Waals surface area contributed by atoms with Gasteiger partial charge in [0.2, 0.25) is 0 Å². The molecule has 0 N–H and O–H groups in total. The Morgan fingerprint density at radius 1 is 1.03 bits per heavy atom. The maximum atomic E-state index is 13.1. The number of hydrogen-bond acceptors (Lipinski definition) is 7. The SMILES string of the molecule is COc1ccc(C(=O)[C@@H]2CCCN(C(=O)c3ccc(Cn4cnnn4)cc3)C2)cc1OC. The fourth-order valence-electron chi connectivity index (χ4n) is 3.98. The van der Waals surface area contributed by atoms with Gasteiger partial charge in [-0.05, 0) is 59.2 Å². The van der Waals surface area contributed by atoms with E-state index < -0.39 is 0 Å². The second-order valence-corrected chi connectivity index (χ2v) is 7.73. The Morgan fingerprint density at radius 3 is 2.47 bits per heavy atom. The highest BCUT2D eigenvalue weighted by molar-refractivity contribution is 6.00. The third-order valence-corrected chi connectivity index (χ3v) is 5.68. The van der Waals surface area contributed by atoms with Crippen LogP contribution >= 0.6 is 0 Å². The standard InChI is InChI=1S/C23H25N5O4/c1-31-20-10-9-18(12-21(20)32-2)22(29)19-4-3-11-27(14-19)23(30)17-7-5-16(6-8-17)13-28-15-24-25-26-28/h5-10,12,15,19H,3-4,11,13-14H2,1-2H3/t19-/m1/s1. The monoisotopic (exact) mass is 435 g/mol. The van der Waals surface area contributed by atoms with Gasteiger partial charge in [-0.1, -0.05) is 12.1 Å². The number of ether oxygens (including phenoxy) is 2. The van der Waals surface area contributed by atoms with Gasteiger partial charge in [-0.3, -0.25) is 9.59 Å². The molecule has 1 atom stereocenters. The predicted molar refractivity (Wildman–Crippen MR) is 116 cm³/mol. The molecule has 1 amide bonds. The molecule has 9 nitrogen and oxygen atoms in total. The molecule has 0 spiro atoms. The molecule has 4 rings (SSSR count). The lowest BCUT2D eigenvalue weighted by atomic mass is 9.89. The molecular weight excluding hydrogens is 410 g/mol. The largest absolute Gasteiger partial charge is 0.493 e. The van der Waals surface area contributed by atoms with Crippen molar-refractivity contribution in [2.45, 2.75) is 19.4 Å². The number of tetrazole rings is 1. The summed E-state index contributed by atoms with van der Waals surface area (Å²) in [5.74, 6) is 0.797. The first kappa shape index (κ1) is 21.5. The molecule has 1 aliphatic heterocycles. The van der Waals surface area contributed by atoms with Crippen LogP contribution in [0.2, 0.25) is 0 Å². The van der Waals surface area contributed by atoms with Crippen molar-refractivity contribution in [3.05, 3.63) is 65.5 Å². The summed E-state index contributed by atoms with van der Waals surface area (Å²) in [4.78, 5) is 27.9. The van der Waals surface area contributed by atoms with Gasteiger partial charge in [-0.2, -0.15) is 0 Å². The van der Waals surface area contributed by atoms with Gasteiger partial charge in [0.15, 0.2) is 17.3 Å². The van der Waals surface area contributed by atoms with Gasteiger partial charge < -0.3 is 14.4 Å². The number of amides is 1. The Kier molecular flexibility index (Phi) is 6.44. The van der Waals surface area contributed by atoms with E-state index in [0.29, 0.717) is 42.3 Å². The number of carbonyl (C=O) groups is 2. The first-order valence-electron chi connectivity index (χ1n) is 10.4. The summed E-state index contributed by atoms with van der Waals surface area (Å²) in [5.41, 5.74) is 2.16. The molecule has 32 heavy (non-hydrogen) atoms. The Labute approximate surface area is 185 Å². The van der Waals surface area contributed by atoms with Crippen LogP contribution in [-0.4, -0.2) is 64.1 Å². The molecule has 0 saturated carbocycles. The van der Waals surface area contributed by atoms with E-state index in [0.717, 1.165) is 18.4 Å². The minimum Gasteiger partial charge on any atom is -0.493 e. The molecular formula is C23H25N5O4. The number of ketones is 1. The third-order valence-electron chi connectivity index (χ3n) is 5.68. The van der Waals surface area contributed by atoms with E-state index in [4.69, 9.17) is 9.47 Å². The number of methoxy groups -OCH3 is 2. The van der Waals surface area contributed by atoms with E-state index in [1.807, 2.05) is 24.3 Å². The van der Waals surface area contributed by atoms with E-state index in [9.17, 15) is 9.59 Å². The van der Waals surface area contributed by atoms with Crippen LogP contribution < -0.4 is 9.47 Å². The van der Waals surface area contributed by atoms with Crippen molar-refractivity contribution in [3.63, 3.8) is 0 Å². The number of hydrogen-bond donors (Lipinski definition) is 0. The first-order valence-corrected chi connectivity index (χ1v) is 10.4. The number of benzene rings is 2. The highest BCUT2D eigenvalue weighted by Gasteiger charge is 2.30. The zero-order chi connectivity index (χ0) is 22.5. The molecule has 0 aliphatic carbocycles. The van der Waals surface area contributed by atoms with E-state index in [1.165, 1.54) is 0 Å². The maximum Gasteiger partial charge on any atom is 0.253 e. The average molecular weight is 435 g/mol. The summed E-state index contributed by atoms with van der Waals surface area (Å²) in [6.07, 6.45) is 3.08. The van der Waals surface area contributed by atoms with E-state index in [-0.39, 0.29) is 17.6 Å². The van der Waals surface area contributed by atoms with Gasteiger partial charge in [0, 0.05) is 30.1 Å². The van der Waals surface area contributed by atoms with Crippen LogP contribution in [0.5, 0.6) is 11.5 Å². The molecule has 9 heteroatoms. The molecule has 0 radical (unpaired) electrons. The molecule has 1 saturated heterocycles. The molecule has 166 valence electrons. The van der Waals surface area contributed by atoms with E-state index >= 15 is 0 Å². The van der Waals surface area contributed by atoms with E-state index in [2.05, 4.69) is 15.5 Å². The fraction of sp³-hybridized carbons (Fsp3) is 0.348. The van der Waals surface area contributed by atoms with Crippen molar-refractivity contribution in [2.75, 3.05) is 27.3 Å². The number of Topliss-reactive ketones (excluding diaryl/α,β-unsaturated/α-hetero) is 1. The number of likely N-dealkylation sites (tertiary alicyclic amines) is 1. The Balaban J connectivity index is 1.43. The Bertz CT molecular complexity index is 1080. The summed E-state index contributed by atoms with van der Waals surface area (Å²) in [6, 6.07) is 12.6. The lowest BCUT2D eigenvalue weighted by molar-refractivity contribution is 0.0637. The van der Waals surface area contributed by atoms with Gasteiger partial charge in [0.1, 0.15) is 6.33 Å². The minimum atomic E-state index is -0.245. The number of nitrogens with zero attached hydrogens (tertiary/aromatic N) is 5. The van der Waals surface area contributed by atoms with Gasteiger partial charge in [-0.25, -0.2) is 4.68 Å². The molecule has 2 aromatic carbocycles. The molecule has 3 aromatic rings. The second kappa shape index (κ2) is 9.59. The lowest BCUT2D eigenvalue weighted by Crippen LogP contribution is -2.42. The summed E-state index contributed by atoms with van der Waals surface area (Å²) in [6.45, 7) is 1.58. The van der Waals surface area contributed by atoms with Gasteiger partial charge in [0.25, 0.3) is 5.91 Å². The van der Waals surface area contributed by atoms with E-state index in [1.54, 1.807) is 48.3 Å². The van der Waals surface area contributed by atoms with Crippen molar-refractivity contribution in [1.29, 1.82) is 0 Å². The maximum absolute atomic E-state index is 13.1. The molecule has 1 aliphatic rings.